The van der Waals surface area contributed by atoms with Gasteiger partial charge in [0.1, 0.15) is 0 Å². The highest BCUT2D eigenvalue weighted by molar-refractivity contribution is 6.51. The van der Waals surface area contributed by atoms with Gasteiger partial charge in [0.05, 0.1) is 0 Å². The van der Waals surface area contributed by atoms with Crippen LogP contribution in [0.2, 0.25) is 0 Å². The predicted octanol–water partition coefficient (Wildman–Crippen LogP) is 0.279. The Bertz CT molecular complexity index is 164. The molecule has 0 amide bonds. The number of unbranched alkanes of at least 4 members (excludes halogenated alkanes) is 1. The van der Waals surface area contributed by atoms with E-state index in [0.717, 1.165) is 25.9 Å². The van der Waals surface area contributed by atoms with E-state index in [-0.39, 0.29) is 0 Å². The summed E-state index contributed by atoms with van der Waals surface area (Å²) in [6.07, 6.45) is 3.65. The van der Waals surface area contributed by atoms with Gasteiger partial charge in [-0.3, -0.25) is 0 Å². The van der Waals surface area contributed by atoms with Gasteiger partial charge in [0.2, 0.25) is 0 Å². The van der Waals surface area contributed by atoms with E-state index in [1.54, 1.807) is 0 Å². The van der Waals surface area contributed by atoms with Gasteiger partial charge in [-0.2, -0.15) is 0 Å². The van der Waals surface area contributed by atoms with Gasteiger partial charge in [0.25, 0.3) is 0 Å². The maximum atomic E-state index is 9.51. The summed E-state index contributed by atoms with van der Waals surface area (Å²) < 4.78 is 14.6. The number of rotatable bonds is 10. The summed E-state index contributed by atoms with van der Waals surface area (Å²) in [5.41, 5.74) is 0. The van der Waals surface area contributed by atoms with Crippen molar-refractivity contribution in [2.75, 3.05) is 33.9 Å². The van der Waals surface area contributed by atoms with E-state index in [9.17, 15) is 4.80 Å². The van der Waals surface area contributed by atoms with E-state index < -0.39 is 9.05 Å². The molecule has 90 valence electrons. The lowest BCUT2D eigenvalue weighted by molar-refractivity contribution is 0.0223. The molecule has 15 heavy (non-hydrogen) atoms. The largest absolute Gasteiger partial charge is 0.676 e. The lowest BCUT2D eigenvalue weighted by Gasteiger charge is -2.18. The van der Waals surface area contributed by atoms with Crippen LogP contribution in [0.1, 0.15) is 12.8 Å². The molecule has 0 aliphatic rings. The third-order valence-corrected chi connectivity index (χ3v) is 3.44. The SMILES string of the molecule is C=CCNCCCCO[Si](O)(OC)OC. The molecule has 0 aromatic rings. The minimum absolute atomic E-state index is 0.445. The molecule has 0 saturated heterocycles. The first-order valence-corrected chi connectivity index (χ1v) is 6.64. The van der Waals surface area contributed by atoms with E-state index in [1.807, 2.05) is 6.08 Å². The molecular weight excluding hydrogens is 214 g/mol. The molecule has 0 aromatic heterocycles. The molecule has 5 nitrogen and oxygen atoms in total. The highest BCUT2D eigenvalue weighted by atomic mass is 28.4. The van der Waals surface area contributed by atoms with Crippen LogP contribution in [0.4, 0.5) is 0 Å². The van der Waals surface area contributed by atoms with Crippen molar-refractivity contribution in [3.63, 3.8) is 0 Å². The molecule has 0 radical (unpaired) electrons. The second-order valence-electron chi connectivity index (χ2n) is 2.98. The smallest absolute Gasteiger partial charge is 0.367 e. The molecule has 0 saturated carbocycles. The fourth-order valence-corrected chi connectivity index (χ4v) is 1.76. The average molecular weight is 235 g/mol. The zero-order valence-electron chi connectivity index (χ0n) is 9.49. The van der Waals surface area contributed by atoms with Crippen molar-refractivity contribution in [3.05, 3.63) is 12.7 Å². The monoisotopic (exact) mass is 235 g/mol. The molecule has 0 aliphatic carbocycles. The van der Waals surface area contributed by atoms with Gasteiger partial charge >= 0.3 is 9.05 Å². The molecule has 0 bridgehead atoms. The van der Waals surface area contributed by atoms with Crippen molar-refractivity contribution in [1.29, 1.82) is 0 Å². The van der Waals surface area contributed by atoms with Crippen LogP contribution in [0.25, 0.3) is 0 Å². The molecule has 0 aromatic carbocycles. The van der Waals surface area contributed by atoms with E-state index in [4.69, 9.17) is 13.3 Å². The summed E-state index contributed by atoms with van der Waals surface area (Å²) in [7, 11) is -0.557. The summed E-state index contributed by atoms with van der Waals surface area (Å²) in [6.45, 7) is 5.77. The van der Waals surface area contributed by atoms with Crippen molar-refractivity contribution in [2.45, 2.75) is 12.8 Å². The third-order valence-electron chi connectivity index (χ3n) is 1.84. The Morgan fingerprint density at radius 1 is 1.33 bits per heavy atom. The first-order chi connectivity index (χ1) is 7.18. The zero-order valence-corrected chi connectivity index (χ0v) is 10.5. The topological polar surface area (TPSA) is 60.0 Å². The highest BCUT2D eigenvalue weighted by Gasteiger charge is 2.38. The maximum absolute atomic E-state index is 9.51. The molecule has 0 spiro atoms. The van der Waals surface area contributed by atoms with E-state index in [2.05, 4.69) is 11.9 Å². The van der Waals surface area contributed by atoms with Crippen LogP contribution in [0.5, 0.6) is 0 Å². The Labute approximate surface area is 92.5 Å². The Morgan fingerprint density at radius 3 is 2.53 bits per heavy atom. The second kappa shape index (κ2) is 9.02. The zero-order chi connectivity index (χ0) is 11.6. The molecule has 0 unspecified atom stereocenters. The molecule has 0 atom stereocenters. The van der Waals surface area contributed by atoms with Gasteiger partial charge in [-0.15, -0.1) is 6.58 Å². The summed E-state index contributed by atoms with van der Waals surface area (Å²) in [5, 5.41) is 3.17. The minimum Gasteiger partial charge on any atom is -0.367 e. The van der Waals surface area contributed by atoms with Crippen molar-refractivity contribution in [2.24, 2.45) is 0 Å². The lowest BCUT2D eigenvalue weighted by atomic mass is 10.3. The van der Waals surface area contributed by atoms with Crippen molar-refractivity contribution in [3.8, 4) is 0 Å². The Kier molecular flexibility index (Phi) is 8.87. The Hall–Kier alpha value is -0.243. The highest BCUT2D eigenvalue weighted by Crippen LogP contribution is 2.03. The van der Waals surface area contributed by atoms with Crippen molar-refractivity contribution >= 4 is 9.05 Å². The van der Waals surface area contributed by atoms with Gasteiger partial charge in [-0.25, -0.2) is 0 Å². The van der Waals surface area contributed by atoms with E-state index in [0.29, 0.717) is 6.61 Å². The molecule has 0 fully saturated rings. The van der Waals surface area contributed by atoms with Crippen molar-refractivity contribution in [1.82, 2.24) is 5.32 Å². The van der Waals surface area contributed by atoms with Crippen LogP contribution in [0.15, 0.2) is 12.7 Å². The molecule has 6 heteroatoms. The Morgan fingerprint density at radius 2 is 2.00 bits per heavy atom. The van der Waals surface area contributed by atoms with Gasteiger partial charge < -0.3 is 23.4 Å². The Balaban J connectivity index is 3.33. The van der Waals surface area contributed by atoms with Gasteiger partial charge in [0, 0.05) is 27.4 Å². The van der Waals surface area contributed by atoms with E-state index >= 15 is 0 Å². The van der Waals surface area contributed by atoms with Crippen LogP contribution < -0.4 is 5.32 Å². The first kappa shape index (κ1) is 14.8. The van der Waals surface area contributed by atoms with Crippen LogP contribution in [-0.2, 0) is 13.3 Å². The molecule has 0 heterocycles. The van der Waals surface area contributed by atoms with Gasteiger partial charge in [0.15, 0.2) is 0 Å². The second-order valence-corrected chi connectivity index (χ2v) is 5.13. The minimum atomic E-state index is -3.31. The number of nitrogens with one attached hydrogen (secondary N) is 1. The number of hydrogen-bond donors (Lipinski definition) is 2. The van der Waals surface area contributed by atoms with Gasteiger partial charge in [-0.05, 0) is 19.4 Å². The molecular formula is C9H21NO4Si. The van der Waals surface area contributed by atoms with Crippen LogP contribution in [-0.4, -0.2) is 47.8 Å². The lowest BCUT2D eigenvalue weighted by Crippen LogP contribution is -2.44. The molecule has 0 rings (SSSR count). The molecule has 0 aliphatic heterocycles. The fraction of sp³-hybridized carbons (Fsp3) is 0.778. The standard InChI is InChI=1S/C9H21NO4Si/c1-4-7-10-8-5-6-9-14-15(11,12-2)13-3/h4,10-11H,1,5-9H2,2-3H3. The summed E-state index contributed by atoms with van der Waals surface area (Å²) >= 11 is 0. The summed E-state index contributed by atoms with van der Waals surface area (Å²) in [5.74, 6) is 0. The van der Waals surface area contributed by atoms with E-state index in [1.165, 1.54) is 14.2 Å². The fourth-order valence-electron chi connectivity index (χ4n) is 0.959. The summed E-state index contributed by atoms with van der Waals surface area (Å²) in [6, 6.07) is 0. The predicted molar refractivity (Wildman–Crippen MR) is 60.2 cm³/mol. The molecule has 2 N–H and O–H groups in total. The van der Waals surface area contributed by atoms with Crippen LogP contribution in [0.3, 0.4) is 0 Å². The van der Waals surface area contributed by atoms with Gasteiger partial charge in [-0.1, -0.05) is 6.08 Å². The average Bonchev–Trinajstić information content (AvgIpc) is 2.27. The van der Waals surface area contributed by atoms with Crippen molar-refractivity contribution < 1.29 is 18.1 Å². The normalized spacial score (nSPS) is 11.7. The van der Waals surface area contributed by atoms with Crippen LogP contribution in [0, 0.1) is 0 Å². The summed E-state index contributed by atoms with van der Waals surface area (Å²) in [4.78, 5) is 9.51. The first-order valence-electron chi connectivity index (χ1n) is 4.96. The van der Waals surface area contributed by atoms with Crippen LogP contribution >= 0.6 is 0 Å². The number of hydrogen-bond acceptors (Lipinski definition) is 5. The third kappa shape index (κ3) is 7.66. The maximum Gasteiger partial charge on any atom is 0.676 e. The quantitative estimate of drug-likeness (QED) is 0.323.